The Morgan fingerprint density at radius 2 is 2.05 bits per heavy atom. The fourth-order valence-corrected chi connectivity index (χ4v) is 2.73. The monoisotopic (exact) mass is 275 g/mol. The second-order valence-corrected chi connectivity index (χ2v) is 5.52. The van der Waals surface area contributed by atoms with E-state index in [9.17, 15) is 4.79 Å². The third-order valence-corrected chi connectivity index (χ3v) is 3.77. The van der Waals surface area contributed by atoms with Gasteiger partial charge in [0.1, 0.15) is 5.75 Å². The van der Waals surface area contributed by atoms with Gasteiger partial charge in [-0.1, -0.05) is 19.1 Å². The van der Waals surface area contributed by atoms with Gasteiger partial charge in [0.2, 0.25) is 5.78 Å². The number of para-hydroxylation sites is 1. The molecule has 0 aliphatic carbocycles. The Morgan fingerprint density at radius 1 is 1.32 bits per heavy atom. The van der Waals surface area contributed by atoms with Crippen LogP contribution in [0.1, 0.15) is 39.3 Å². The summed E-state index contributed by atoms with van der Waals surface area (Å²) in [5.41, 5.74) is 1.40. The summed E-state index contributed by atoms with van der Waals surface area (Å²) >= 11 is 1.43. The van der Waals surface area contributed by atoms with Crippen LogP contribution in [-0.2, 0) is 0 Å². The SMILES string of the molecule is CCCOc1ccccc1C(=O)c1sc(C)nc1C. The maximum Gasteiger partial charge on any atom is 0.208 e. The highest BCUT2D eigenvalue weighted by atomic mass is 32.1. The smallest absolute Gasteiger partial charge is 0.208 e. The number of carbonyl (C=O) groups excluding carboxylic acids is 1. The van der Waals surface area contributed by atoms with Gasteiger partial charge in [-0.15, -0.1) is 11.3 Å². The van der Waals surface area contributed by atoms with Crippen molar-refractivity contribution in [3.8, 4) is 5.75 Å². The number of aromatic nitrogens is 1. The maximum absolute atomic E-state index is 12.6. The molecule has 1 aromatic heterocycles. The van der Waals surface area contributed by atoms with Gasteiger partial charge in [-0.3, -0.25) is 4.79 Å². The minimum absolute atomic E-state index is 0.00481. The van der Waals surface area contributed by atoms with E-state index in [2.05, 4.69) is 4.98 Å². The molecule has 4 heteroatoms. The van der Waals surface area contributed by atoms with Crippen molar-refractivity contribution in [1.82, 2.24) is 4.98 Å². The quantitative estimate of drug-likeness (QED) is 0.779. The van der Waals surface area contributed by atoms with E-state index in [-0.39, 0.29) is 5.78 Å². The second kappa shape index (κ2) is 5.97. The summed E-state index contributed by atoms with van der Waals surface area (Å²) in [6.45, 7) is 6.44. The van der Waals surface area contributed by atoms with Crippen LogP contribution in [0.25, 0.3) is 0 Å². The van der Waals surface area contributed by atoms with Crippen LogP contribution in [0.15, 0.2) is 24.3 Å². The molecule has 1 heterocycles. The van der Waals surface area contributed by atoms with Gasteiger partial charge in [0, 0.05) is 0 Å². The van der Waals surface area contributed by atoms with Crippen molar-refractivity contribution >= 4 is 17.1 Å². The average Bonchev–Trinajstić information content (AvgIpc) is 2.75. The average molecular weight is 275 g/mol. The molecular weight excluding hydrogens is 258 g/mol. The van der Waals surface area contributed by atoms with Crippen molar-refractivity contribution in [2.45, 2.75) is 27.2 Å². The molecule has 0 bridgehead atoms. The lowest BCUT2D eigenvalue weighted by molar-refractivity contribution is 0.103. The molecule has 0 atom stereocenters. The topological polar surface area (TPSA) is 39.2 Å². The second-order valence-electron chi connectivity index (χ2n) is 4.32. The third-order valence-electron chi connectivity index (χ3n) is 2.70. The molecule has 3 nitrogen and oxygen atoms in total. The van der Waals surface area contributed by atoms with Gasteiger partial charge in [-0.25, -0.2) is 4.98 Å². The molecule has 0 N–H and O–H groups in total. The molecule has 0 spiro atoms. The maximum atomic E-state index is 12.6. The molecule has 0 radical (unpaired) electrons. The number of ketones is 1. The Balaban J connectivity index is 2.36. The summed E-state index contributed by atoms with van der Waals surface area (Å²) in [6, 6.07) is 7.38. The van der Waals surface area contributed by atoms with E-state index in [0.29, 0.717) is 22.8 Å². The molecule has 0 aliphatic heterocycles. The van der Waals surface area contributed by atoms with Crippen molar-refractivity contribution in [3.63, 3.8) is 0 Å². The molecule has 0 aliphatic rings. The zero-order valence-corrected chi connectivity index (χ0v) is 12.2. The number of hydrogen-bond donors (Lipinski definition) is 0. The summed E-state index contributed by atoms with van der Waals surface area (Å²) < 4.78 is 5.64. The van der Waals surface area contributed by atoms with Crippen LogP contribution < -0.4 is 4.74 Å². The molecule has 2 aromatic rings. The summed E-state index contributed by atoms with van der Waals surface area (Å²) in [6.07, 6.45) is 0.918. The fourth-order valence-electron chi connectivity index (χ4n) is 1.86. The van der Waals surface area contributed by atoms with Crippen LogP contribution in [0.2, 0.25) is 0 Å². The Labute approximate surface area is 117 Å². The van der Waals surface area contributed by atoms with Crippen molar-refractivity contribution < 1.29 is 9.53 Å². The summed E-state index contributed by atoms with van der Waals surface area (Å²) in [7, 11) is 0. The zero-order valence-electron chi connectivity index (χ0n) is 11.4. The molecule has 0 fully saturated rings. The minimum Gasteiger partial charge on any atom is -0.493 e. The summed E-state index contributed by atoms with van der Waals surface area (Å²) in [5, 5.41) is 0.910. The molecule has 19 heavy (non-hydrogen) atoms. The Kier molecular flexibility index (Phi) is 4.32. The normalized spacial score (nSPS) is 10.5. The van der Waals surface area contributed by atoms with Crippen LogP contribution >= 0.6 is 11.3 Å². The first kappa shape index (κ1) is 13.7. The van der Waals surface area contributed by atoms with E-state index in [1.54, 1.807) is 0 Å². The largest absolute Gasteiger partial charge is 0.493 e. The highest BCUT2D eigenvalue weighted by Gasteiger charge is 2.19. The number of hydrogen-bond acceptors (Lipinski definition) is 4. The molecule has 0 saturated carbocycles. The number of carbonyl (C=O) groups is 1. The molecule has 0 amide bonds. The van der Waals surface area contributed by atoms with Crippen molar-refractivity contribution in [2.24, 2.45) is 0 Å². The van der Waals surface area contributed by atoms with E-state index in [4.69, 9.17) is 4.74 Å². The number of rotatable bonds is 5. The highest BCUT2D eigenvalue weighted by Crippen LogP contribution is 2.26. The summed E-state index contributed by atoms with van der Waals surface area (Å²) in [5.74, 6) is 0.648. The zero-order chi connectivity index (χ0) is 13.8. The molecular formula is C15H17NO2S. The van der Waals surface area contributed by atoms with E-state index in [1.807, 2.05) is 45.0 Å². The first-order valence-electron chi connectivity index (χ1n) is 6.34. The van der Waals surface area contributed by atoms with E-state index in [0.717, 1.165) is 17.1 Å². The van der Waals surface area contributed by atoms with Gasteiger partial charge in [0.15, 0.2) is 0 Å². The first-order chi connectivity index (χ1) is 9.13. The lowest BCUT2D eigenvalue weighted by atomic mass is 10.1. The van der Waals surface area contributed by atoms with Crippen LogP contribution in [0.4, 0.5) is 0 Å². The molecule has 0 unspecified atom stereocenters. The Hall–Kier alpha value is -1.68. The molecule has 2 rings (SSSR count). The molecule has 0 saturated heterocycles. The van der Waals surface area contributed by atoms with Gasteiger partial charge >= 0.3 is 0 Å². The van der Waals surface area contributed by atoms with Gasteiger partial charge in [-0.2, -0.15) is 0 Å². The number of nitrogens with zero attached hydrogens (tertiary/aromatic N) is 1. The lowest BCUT2D eigenvalue weighted by Gasteiger charge is -2.09. The van der Waals surface area contributed by atoms with Crippen LogP contribution in [0.5, 0.6) is 5.75 Å². The van der Waals surface area contributed by atoms with E-state index in [1.165, 1.54) is 11.3 Å². The number of thiazole rings is 1. The first-order valence-corrected chi connectivity index (χ1v) is 7.15. The van der Waals surface area contributed by atoms with Gasteiger partial charge < -0.3 is 4.74 Å². The Morgan fingerprint density at radius 3 is 2.68 bits per heavy atom. The Bertz CT molecular complexity index is 590. The molecule has 1 aromatic carbocycles. The standard InChI is InChI=1S/C15H17NO2S/c1-4-9-18-13-8-6-5-7-12(13)14(17)15-10(2)16-11(3)19-15/h5-8H,4,9H2,1-3H3. The number of aryl methyl sites for hydroxylation is 2. The van der Waals surface area contributed by atoms with Crippen LogP contribution in [0.3, 0.4) is 0 Å². The van der Waals surface area contributed by atoms with Gasteiger partial charge in [0.25, 0.3) is 0 Å². The fraction of sp³-hybridized carbons (Fsp3) is 0.333. The predicted molar refractivity (Wildman–Crippen MR) is 77.2 cm³/mol. The number of benzene rings is 1. The predicted octanol–water partition coefficient (Wildman–Crippen LogP) is 3.78. The number of ether oxygens (including phenoxy) is 1. The molecule has 100 valence electrons. The third kappa shape index (κ3) is 3.01. The van der Waals surface area contributed by atoms with E-state index < -0.39 is 0 Å². The van der Waals surface area contributed by atoms with Gasteiger partial charge in [0.05, 0.1) is 27.7 Å². The highest BCUT2D eigenvalue weighted by molar-refractivity contribution is 7.14. The van der Waals surface area contributed by atoms with Crippen LogP contribution in [-0.4, -0.2) is 17.4 Å². The summed E-state index contributed by atoms with van der Waals surface area (Å²) in [4.78, 5) is 17.6. The van der Waals surface area contributed by atoms with Crippen molar-refractivity contribution in [3.05, 3.63) is 45.4 Å². The minimum atomic E-state index is -0.00481. The van der Waals surface area contributed by atoms with Crippen molar-refractivity contribution in [1.29, 1.82) is 0 Å². The lowest BCUT2D eigenvalue weighted by Crippen LogP contribution is -2.05. The van der Waals surface area contributed by atoms with Crippen molar-refractivity contribution in [2.75, 3.05) is 6.61 Å². The van der Waals surface area contributed by atoms with Crippen LogP contribution in [0, 0.1) is 13.8 Å². The van der Waals surface area contributed by atoms with E-state index >= 15 is 0 Å². The van der Waals surface area contributed by atoms with Gasteiger partial charge in [-0.05, 0) is 32.4 Å².